The first-order chi connectivity index (χ1) is 24.6. The van der Waals surface area contributed by atoms with Gasteiger partial charge in [0.1, 0.15) is 36.0 Å². The second-order valence-corrected chi connectivity index (χ2v) is 13.3. The van der Waals surface area contributed by atoms with Gasteiger partial charge in [0.2, 0.25) is 35.4 Å². The average Bonchev–Trinajstić information content (AvgIpc) is 3.08. The Kier molecular flexibility index (Phi) is 18.5. The van der Waals surface area contributed by atoms with Gasteiger partial charge in [-0.2, -0.15) is 0 Å². The average molecular weight is 734 g/mol. The van der Waals surface area contributed by atoms with Crippen LogP contribution in [0.5, 0.6) is 5.75 Å². The van der Waals surface area contributed by atoms with E-state index in [-0.39, 0.29) is 37.4 Å². The Morgan fingerprint density at radius 2 is 1.38 bits per heavy atom. The Morgan fingerprint density at radius 3 is 1.92 bits per heavy atom. The number of aliphatic carboxylic acids is 1. The van der Waals surface area contributed by atoms with Crippen LogP contribution in [0.1, 0.15) is 70.8 Å². The number of carboxylic acids is 1. The van der Waals surface area contributed by atoms with Crippen LogP contribution in [0.15, 0.2) is 24.3 Å². The molecule has 290 valence electrons. The first-order valence-electron chi connectivity index (χ1n) is 17.6. The quantitative estimate of drug-likeness (QED) is 0.0747. The van der Waals surface area contributed by atoms with Crippen LogP contribution in [-0.4, -0.2) is 108 Å². The second-order valence-electron chi connectivity index (χ2n) is 13.3. The number of phenolic OH excluding ortho intramolecular Hbond substituents is 1. The molecule has 18 heteroatoms. The third-order valence-corrected chi connectivity index (χ3v) is 8.37. The molecule has 52 heavy (non-hydrogen) atoms. The van der Waals surface area contributed by atoms with E-state index in [0.29, 0.717) is 44.3 Å². The summed E-state index contributed by atoms with van der Waals surface area (Å²) in [6, 6.07) is -1.95. The van der Waals surface area contributed by atoms with Crippen molar-refractivity contribution in [3.63, 3.8) is 0 Å². The number of carbonyl (C=O) groups excluding carboxylic acids is 6. The minimum absolute atomic E-state index is 0.0398. The Balaban J connectivity index is 2.45. The molecular weight excluding hydrogens is 678 g/mol. The highest BCUT2D eigenvalue weighted by Crippen LogP contribution is 2.13. The maximum atomic E-state index is 13.9. The molecule has 1 aliphatic heterocycles. The maximum Gasteiger partial charge on any atom is 0.326 e. The summed E-state index contributed by atoms with van der Waals surface area (Å²) in [4.78, 5) is 92.3. The van der Waals surface area contributed by atoms with Gasteiger partial charge < -0.3 is 59.3 Å². The van der Waals surface area contributed by atoms with E-state index < -0.39 is 90.6 Å². The molecule has 0 radical (unpaired) electrons. The monoisotopic (exact) mass is 733 g/mol. The molecule has 0 aromatic heterocycles. The molecule has 0 saturated carbocycles. The van der Waals surface area contributed by atoms with Crippen molar-refractivity contribution >= 4 is 41.4 Å². The van der Waals surface area contributed by atoms with E-state index in [1.54, 1.807) is 13.8 Å². The van der Waals surface area contributed by atoms with Crippen molar-refractivity contribution in [3.8, 4) is 5.75 Å². The lowest BCUT2D eigenvalue weighted by Gasteiger charge is -2.28. The molecule has 0 unspecified atom stereocenters. The van der Waals surface area contributed by atoms with Gasteiger partial charge >= 0.3 is 5.97 Å². The first kappa shape index (κ1) is 43.4. The van der Waals surface area contributed by atoms with Crippen molar-refractivity contribution in [2.75, 3.05) is 19.6 Å². The van der Waals surface area contributed by atoms with Crippen LogP contribution in [0.3, 0.4) is 0 Å². The van der Waals surface area contributed by atoms with Gasteiger partial charge in [-0.1, -0.05) is 26.0 Å². The van der Waals surface area contributed by atoms with Crippen molar-refractivity contribution in [2.45, 2.75) is 108 Å². The highest BCUT2D eigenvalue weighted by atomic mass is 16.4. The minimum Gasteiger partial charge on any atom is -0.508 e. The number of aromatic hydroxyl groups is 1. The molecule has 0 aliphatic carbocycles. The second kappa shape index (κ2) is 22.2. The van der Waals surface area contributed by atoms with E-state index in [1.807, 2.05) is 0 Å². The van der Waals surface area contributed by atoms with E-state index in [9.17, 15) is 43.8 Å². The van der Waals surface area contributed by atoms with Crippen molar-refractivity contribution in [3.05, 3.63) is 29.8 Å². The van der Waals surface area contributed by atoms with Crippen LogP contribution in [0, 0.1) is 5.92 Å². The van der Waals surface area contributed by atoms with Gasteiger partial charge in [0.05, 0.1) is 12.5 Å². The number of rotatable bonds is 17. The summed E-state index contributed by atoms with van der Waals surface area (Å²) < 4.78 is 0. The Hall–Kier alpha value is -4.81. The molecule has 1 heterocycles. The summed E-state index contributed by atoms with van der Waals surface area (Å²) in [5, 5.41) is 34.8. The van der Waals surface area contributed by atoms with Crippen LogP contribution in [-0.2, 0) is 40.0 Å². The van der Waals surface area contributed by atoms with Gasteiger partial charge in [-0.15, -0.1) is 0 Å². The number of nitrogens with two attached hydrogens (primary N) is 3. The van der Waals surface area contributed by atoms with Crippen LogP contribution in [0.4, 0.5) is 0 Å². The number of carbonyl (C=O) groups is 7. The van der Waals surface area contributed by atoms with Gasteiger partial charge in [-0.05, 0) is 81.6 Å². The van der Waals surface area contributed by atoms with E-state index in [4.69, 9.17) is 17.2 Å². The molecule has 0 bridgehead atoms. The predicted molar refractivity (Wildman–Crippen MR) is 190 cm³/mol. The Labute approximate surface area is 303 Å². The number of unbranched alkanes of at least 4 members (excludes halogenated alkanes) is 2. The lowest BCUT2D eigenvalue weighted by molar-refractivity contribution is -0.142. The van der Waals surface area contributed by atoms with E-state index >= 15 is 0 Å². The number of phenols is 1. The summed E-state index contributed by atoms with van der Waals surface area (Å²) in [7, 11) is 0. The number of carboxylic acid groups (broad SMARTS) is 1. The minimum atomic E-state index is -1.50. The van der Waals surface area contributed by atoms with Crippen molar-refractivity contribution in [1.29, 1.82) is 0 Å². The molecular formula is C34H55N9O9. The molecule has 1 aromatic rings. The number of hydrogen-bond donors (Lipinski definition) is 11. The lowest BCUT2D eigenvalue weighted by Crippen LogP contribution is -2.62. The Bertz CT molecular complexity index is 1380. The number of nitrogens with one attached hydrogen (secondary N) is 6. The van der Waals surface area contributed by atoms with Gasteiger partial charge in [0.15, 0.2) is 0 Å². The fourth-order valence-electron chi connectivity index (χ4n) is 5.45. The predicted octanol–water partition coefficient (Wildman–Crippen LogP) is -2.41. The van der Waals surface area contributed by atoms with E-state index in [2.05, 4.69) is 31.9 Å². The zero-order chi connectivity index (χ0) is 38.8. The SMILES string of the molecule is CC(C)C[C@H](NC(=O)[C@H](Cc1ccc(O)cc1)NC(=O)[C@@H]1CNC(=O)C[C@H](N)C(=O)N[C@@H](CCCCN)C(=O)N[C@@H](CCCCN)C(=O)N1)C(=O)O. The topological polar surface area (TPSA) is 310 Å². The van der Waals surface area contributed by atoms with Gasteiger partial charge in [0.25, 0.3) is 0 Å². The summed E-state index contributed by atoms with van der Waals surface area (Å²) in [6.07, 6.45) is 1.75. The fourth-order valence-corrected chi connectivity index (χ4v) is 5.45. The van der Waals surface area contributed by atoms with E-state index in [1.165, 1.54) is 24.3 Å². The third kappa shape index (κ3) is 15.2. The number of amides is 6. The molecule has 18 nitrogen and oxygen atoms in total. The smallest absolute Gasteiger partial charge is 0.326 e. The molecule has 2 rings (SSSR count). The van der Waals surface area contributed by atoms with Crippen LogP contribution >= 0.6 is 0 Å². The highest BCUT2D eigenvalue weighted by Gasteiger charge is 2.34. The lowest BCUT2D eigenvalue weighted by atomic mass is 10.0. The summed E-state index contributed by atoms with van der Waals surface area (Å²) in [6.45, 7) is 3.75. The van der Waals surface area contributed by atoms with Crippen molar-refractivity contribution in [1.82, 2.24) is 31.9 Å². The molecule has 1 fully saturated rings. The molecule has 1 aliphatic rings. The van der Waals surface area contributed by atoms with Crippen LogP contribution in [0.2, 0.25) is 0 Å². The van der Waals surface area contributed by atoms with Crippen molar-refractivity contribution < 1.29 is 43.8 Å². The molecule has 1 saturated heterocycles. The van der Waals surface area contributed by atoms with Gasteiger partial charge in [-0.25, -0.2) is 4.79 Å². The number of hydrogen-bond acceptors (Lipinski definition) is 11. The third-order valence-electron chi connectivity index (χ3n) is 8.37. The summed E-state index contributed by atoms with van der Waals surface area (Å²) in [5.74, 6) is -6.08. The number of benzene rings is 1. The molecule has 0 spiro atoms. The largest absolute Gasteiger partial charge is 0.508 e. The molecule has 14 N–H and O–H groups in total. The van der Waals surface area contributed by atoms with Crippen LogP contribution in [0.25, 0.3) is 0 Å². The standard InChI is InChI=1S/C34H55N9O9/c1-19(2)15-26(34(51)52)42-32(49)25(16-20-9-11-21(44)12-10-20)41-33(50)27-18-38-28(45)17-22(37)29(46)39-23(7-3-5-13-35)30(47)40-24(31(48)43-27)8-4-6-14-36/h9-12,19,22-27,44H,3-8,13-18,35-37H2,1-2H3,(H,38,45)(H,39,46)(H,40,47)(H,41,50)(H,42,49)(H,43,48)(H,51,52)/t22-,23-,24-,25-,26-,27-/m0/s1. The molecule has 1 aromatic carbocycles. The molecule has 6 atom stereocenters. The van der Waals surface area contributed by atoms with Crippen LogP contribution < -0.4 is 49.1 Å². The first-order valence-corrected chi connectivity index (χ1v) is 17.6. The zero-order valence-electron chi connectivity index (χ0n) is 29.8. The zero-order valence-corrected chi connectivity index (χ0v) is 29.8. The highest BCUT2D eigenvalue weighted by molar-refractivity contribution is 5.97. The van der Waals surface area contributed by atoms with Gasteiger partial charge in [0, 0.05) is 13.0 Å². The Morgan fingerprint density at radius 1 is 0.827 bits per heavy atom. The fraction of sp³-hybridized carbons (Fsp3) is 0.618. The van der Waals surface area contributed by atoms with Crippen molar-refractivity contribution in [2.24, 2.45) is 23.1 Å². The summed E-state index contributed by atoms with van der Waals surface area (Å²) in [5.41, 5.74) is 17.7. The summed E-state index contributed by atoms with van der Waals surface area (Å²) >= 11 is 0. The van der Waals surface area contributed by atoms with Gasteiger partial charge in [-0.3, -0.25) is 28.8 Å². The maximum absolute atomic E-state index is 13.9. The normalized spacial score (nSPS) is 21.4. The molecule has 6 amide bonds. The van der Waals surface area contributed by atoms with E-state index in [0.717, 1.165) is 0 Å².